The summed E-state index contributed by atoms with van der Waals surface area (Å²) in [6.45, 7) is 9.00. The van der Waals surface area contributed by atoms with Gasteiger partial charge in [-0.2, -0.15) is 0 Å². The molecule has 0 aromatic carbocycles. The van der Waals surface area contributed by atoms with E-state index in [1.54, 1.807) is 13.0 Å². The second kappa shape index (κ2) is 11.4. The Bertz CT molecular complexity index is 1070. The molecule has 4 aliphatic carbocycles. The quantitative estimate of drug-likeness (QED) is 0.264. The molecule has 3 saturated carbocycles. The van der Waals surface area contributed by atoms with Crippen LogP contribution >= 0.6 is 0 Å². The zero-order valence-corrected chi connectivity index (χ0v) is 24.7. The molecule has 0 amide bonds. The number of rotatable bonds is 11. The van der Waals surface area contributed by atoms with Crippen molar-refractivity contribution in [3.63, 3.8) is 0 Å². The summed E-state index contributed by atoms with van der Waals surface area (Å²) in [6, 6.07) is 0. The van der Waals surface area contributed by atoms with Crippen LogP contribution in [-0.2, 0) is 23.9 Å². The van der Waals surface area contributed by atoms with Crippen molar-refractivity contribution in [3.8, 4) is 0 Å². The summed E-state index contributed by atoms with van der Waals surface area (Å²) in [7, 11) is 0. The lowest BCUT2D eigenvalue weighted by molar-refractivity contribution is -0.230. The van der Waals surface area contributed by atoms with Gasteiger partial charge in [-0.3, -0.25) is 14.4 Å². The second-order valence-electron chi connectivity index (χ2n) is 13.0. The predicted molar refractivity (Wildman–Crippen MR) is 148 cm³/mol. The van der Waals surface area contributed by atoms with E-state index in [1.165, 1.54) is 12.2 Å². The Balaban J connectivity index is 1.73. The van der Waals surface area contributed by atoms with E-state index in [1.807, 2.05) is 27.7 Å². The van der Waals surface area contributed by atoms with Gasteiger partial charge in [0.25, 0.3) is 0 Å². The summed E-state index contributed by atoms with van der Waals surface area (Å²) in [5, 5.41) is 22.0. The van der Waals surface area contributed by atoms with Crippen molar-refractivity contribution in [2.24, 2.45) is 28.6 Å². The van der Waals surface area contributed by atoms with E-state index >= 15 is 4.39 Å². The number of alkyl halides is 1. The van der Waals surface area contributed by atoms with E-state index in [0.29, 0.717) is 37.7 Å². The molecular weight excluding hydrogens is 515 g/mol. The van der Waals surface area contributed by atoms with Crippen LogP contribution in [0.2, 0.25) is 0 Å². The first-order valence-corrected chi connectivity index (χ1v) is 15.2. The average molecular weight is 563 g/mol. The van der Waals surface area contributed by atoms with Crippen LogP contribution in [0.1, 0.15) is 98.8 Å². The molecule has 9 unspecified atom stereocenters. The second-order valence-corrected chi connectivity index (χ2v) is 13.0. The maximum absolute atomic E-state index is 17.5. The summed E-state index contributed by atoms with van der Waals surface area (Å²) in [5.74, 6) is -2.52. The summed E-state index contributed by atoms with van der Waals surface area (Å²) in [6.07, 6.45) is 6.78. The van der Waals surface area contributed by atoms with Crippen LogP contribution in [0.15, 0.2) is 23.8 Å². The standard InChI is InChI=1S/C32H47FO7/c1-6-8-10-27(37)39-19-26(36)32(40-28(38)11-9-7-2)20(3)16-24-23-13-12-21-17-22(34)14-15-29(21,4)31(23,33)25(35)18-30(24,32)5/h14-15,17,20,23-25,27,35,37H,6-13,16,18-19H2,1-5H3. The Hall–Kier alpha value is -1.90. The first-order valence-electron chi connectivity index (χ1n) is 15.2. The van der Waals surface area contributed by atoms with Crippen molar-refractivity contribution < 1.29 is 38.5 Å². The molecule has 40 heavy (non-hydrogen) atoms. The van der Waals surface area contributed by atoms with Gasteiger partial charge in [0.15, 0.2) is 23.3 Å². The molecule has 0 spiro atoms. The largest absolute Gasteiger partial charge is 0.450 e. The third-order valence-corrected chi connectivity index (χ3v) is 10.8. The monoisotopic (exact) mass is 562 g/mol. The maximum atomic E-state index is 17.5. The van der Waals surface area contributed by atoms with Crippen LogP contribution in [0, 0.1) is 28.6 Å². The van der Waals surface area contributed by atoms with Gasteiger partial charge in [0.1, 0.15) is 6.61 Å². The number of unbranched alkanes of at least 4 members (excludes halogenated alkanes) is 2. The number of ether oxygens (including phenoxy) is 2. The number of fused-ring (bicyclic) bond motifs is 5. The Labute approximate surface area is 237 Å². The van der Waals surface area contributed by atoms with E-state index in [0.717, 1.165) is 19.3 Å². The van der Waals surface area contributed by atoms with Crippen molar-refractivity contribution in [1.29, 1.82) is 0 Å². The van der Waals surface area contributed by atoms with Gasteiger partial charge in [0.2, 0.25) is 5.78 Å². The van der Waals surface area contributed by atoms with E-state index in [-0.39, 0.29) is 24.5 Å². The summed E-state index contributed by atoms with van der Waals surface area (Å²) in [5.41, 5.74) is -5.17. The topological polar surface area (TPSA) is 110 Å². The van der Waals surface area contributed by atoms with Crippen molar-refractivity contribution >= 4 is 17.5 Å². The molecule has 0 saturated heterocycles. The fraction of sp³-hybridized carbons (Fsp3) is 0.781. The van der Waals surface area contributed by atoms with Gasteiger partial charge in [-0.1, -0.05) is 52.2 Å². The van der Waals surface area contributed by atoms with E-state index < -0.39 is 64.7 Å². The minimum absolute atomic E-state index is 0.0785. The number of hydrogen-bond acceptors (Lipinski definition) is 7. The Morgan fingerprint density at radius 2 is 1.88 bits per heavy atom. The highest BCUT2D eigenvalue weighted by molar-refractivity contribution is 6.01. The summed E-state index contributed by atoms with van der Waals surface area (Å²) in [4.78, 5) is 39.4. The molecule has 0 bridgehead atoms. The fourth-order valence-corrected chi connectivity index (χ4v) is 8.69. The van der Waals surface area contributed by atoms with E-state index in [4.69, 9.17) is 9.47 Å². The number of ketones is 2. The number of esters is 1. The van der Waals surface area contributed by atoms with E-state index in [2.05, 4.69) is 0 Å². The number of aliphatic hydroxyl groups is 2. The van der Waals surface area contributed by atoms with Crippen LogP contribution in [0.3, 0.4) is 0 Å². The molecule has 224 valence electrons. The number of carbonyl (C=O) groups is 3. The minimum atomic E-state index is -2.05. The van der Waals surface area contributed by atoms with Gasteiger partial charge in [0, 0.05) is 29.1 Å². The molecule has 8 heteroatoms. The van der Waals surface area contributed by atoms with Crippen LogP contribution < -0.4 is 0 Å². The van der Waals surface area contributed by atoms with Gasteiger partial charge in [-0.05, 0) is 69.9 Å². The summed E-state index contributed by atoms with van der Waals surface area (Å²) >= 11 is 0. The number of aliphatic hydroxyl groups excluding tert-OH is 2. The third-order valence-electron chi connectivity index (χ3n) is 10.8. The molecule has 4 aliphatic rings. The van der Waals surface area contributed by atoms with Crippen molar-refractivity contribution in [3.05, 3.63) is 23.8 Å². The number of carbonyl (C=O) groups excluding carboxylic acids is 3. The molecule has 9 atom stereocenters. The van der Waals surface area contributed by atoms with Crippen molar-refractivity contribution in [2.45, 2.75) is 122 Å². The first kappa shape index (κ1) is 31.0. The Morgan fingerprint density at radius 3 is 2.55 bits per heavy atom. The molecule has 0 heterocycles. The van der Waals surface area contributed by atoms with Gasteiger partial charge in [-0.25, -0.2) is 4.39 Å². The van der Waals surface area contributed by atoms with Gasteiger partial charge >= 0.3 is 5.97 Å². The number of halogens is 1. The Morgan fingerprint density at radius 1 is 1.18 bits per heavy atom. The lowest BCUT2D eigenvalue weighted by atomic mass is 9.44. The van der Waals surface area contributed by atoms with Crippen LogP contribution in [0.4, 0.5) is 4.39 Å². The molecule has 0 aromatic rings. The minimum Gasteiger partial charge on any atom is -0.450 e. The summed E-state index contributed by atoms with van der Waals surface area (Å²) < 4.78 is 29.3. The normalized spacial score (nSPS) is 41.0. The van der Waals surface area contributed by atoms with E-state index in [9.17, 15) is 24.6 Å². The van der Waals surface area contributed by atoms with Gasteiger partial charge in [-0.15, -0.1) is 0 Å². The van der Waals surface area contributed by atoms with Gasteiger partial charge < -0.3 is 19.7 Å². The van der Waals surface area contributed by atoms with Crippen LogP contribution in [0.5, 0.6) is 0 Å². The number of Topliss-reactive ketones (excluding diaryl/α,β-unsaturated/α-hetero) is 1. The highest BCUT2D eigenvalue weighted by Gasteiger charge is 2.77. The first-order chi connectivity index (χ1) is 18.8. The molecule has 0 aromatic heterocycles. The fourth-order valence-electron chi connectivity index (χ4n) is 8.69. The van der Waals surface area contributed by atoms with Gasteiger partial charge in [0.05, 0.1) is 6.10 Å². The average Bonchev–Trinajstić information content (AvgIpc) is 3.12. The highest BCUT2D eigenvalue weighted by Crippen LogP contribution is 2.71. The maximum Gasteiger partial charge on any atom is 0.306 e. The van der Waals surface area contributed by atoms with Crippen molar-refractivity contribution in [2.75, 3.05) is 6.61 Å². The zero-order chi connectivity index (χ0) is 29.5. The molecule has 0 radical (unpaired) electrons. The number of hydrogen-bond donors (Lipinski definition) is 2. The molecule has 0 aliphatic heterocycles. The molecule has 7 nitrogen and oxygen atoms in total. The smallest absolute Gasteiger partial charge is 0.306 e. The molecular formula is C32H47FO7. The molecule has 2 N–H and O–H groups in total. The molecule has 3 fully saturated rings. The Kier molecular flexibility index (Phi) is 8.85. The van der Waals surface area contributed by atoms with Crippen LogP contribution in [-0.4, -0.2) is 58.0 Å². The highest BCUT2D eigenvalue weighted by atomic mass is 19.1. The van der Waals surface area contributed by atoms with Crippen molar-refractivity contribution in [1.82, 2.24) is 0 Å². The molecule has 4 rings (SSSR count). The zero-order valence-electron chi connectivity index (χ0n) is 24.7. The lowest BCUT2D eigenvalue weighted by Gasteiger charge is -2.62. The lowest BCUT2D eigenvalue weighted by Crippen LogP contribution is -2.70. The third kappa shape index (κ3) is 4.62. The van der Waals surface area contributed by atoms with Crippen LogP contribution in [0.25, 0.3) is 0 Å². The number of allylic oxidation sites excluding steroid dienone is 4. The predicted octanol–water partition coefficient (Wildman–Crippen LogP) is 5.17. The SMILES string of the molecule is CCCCC(=O)OC1(C(=O)COC(O)CCCC)C(C)CC2C3CCC4=CC(=O)C=CC4(C)C3(F)C(O)CC21C.